The maximum absolute atomic E-state index is 12.5. The van der Waals surface area contributed by atoms with Gasteiger partial charge in [-0.2, -0.15) is 0 Å². The minimum Gasteiger partial charge on any atom is -0.341 e. The van der Waals surface area contributed by atoms with Crippen molar-refractivity contribution in [3.8, 4) is 0 Å². The molecule has 1 fully saturated rings. The van der Waals surface area contributed by atoms with E-state index in [1.807, 2.05) is 0 Å². The molecule has 1 aromatic carbocycles. The highest BCUT2D eigenvalue weighted by Crippen LogP contribution is 2.27. The molecule has 1 aliphatic carbocycles. The lowest BCUT2D eigenvalue weighted by atomic mass is 9.89. The first kappa shape index (κ1) is 15.8. The van der Waals surface area contributed by atoms with Crippen molar-refractivity contribution in [2.45, 2.75) is 32.1 Å². The summed E-state index contributed by atoms with van der Waals surface area (Å²) in [6, 6.07) is 4.08. The summed E-state index contributed by atoms with van der Waals surface area (Å²) >= 11 is 5.87. The summed E-state index contributed by atoms with van der Waals surface area (Å²) < 4.78 is 0. The highest BCUT2D eigenvalue weighted by atomic mass is 35.5. The Morgan fingerprint density at radius 2 is 2.05 bits per heavy atom. The summed E-state index contributed by atoms with van der Waals surface area (Å²) in [7, 11) is 1.70. The Kier molecular flexibility index (Phi) is 5.17. The van der Waals surface area contributed by atoms with Crippen LogP contribution >= 0.6 is 11.6 Å². The first-order valence-electron chi connectivity index (χ1n) is 7.18. The van der Waals surface area contributed by atoms with Gasteiger partial charge in [0.15, 0.2) is 0 Å². The number of hydrogen-bond donors (Lipinski definition) is 0. The zero-order chi connectivity index (χ0) is 15.4. The first-order chi connectivity index (χ1) is 9.99. The fraction of sp³-hybridized carbons (Fsp3) is 0.533. The maximum Gasteiger partial charge on any atom is 0.282 e. The van der Waals surface area contributed by atoms with Gasteiger partial charge in [0.25, 0.3) is 11.6 Å². The van der Waals surface area contributed by atoms with E-state index >= 15 is 0 Å². The predicted octanol–water partition coefficient (Wildman–Crippen LogP) is 3.90. The van der Waals surface area contributed by atoms with Crippen LogP contribution in [0.3, 0.4) is 0 Å². The van der Waals surface area contributed by atoms with Crippen LogP contribution in [0.4, 0.5) is 5.69 Å². The summed E-state index contributed by atoms with van der Waals surface area (Å²) in [5.41, 5.74) is -0.134. The Morgan fingerprint density at radius 1 is 1.38 bits per heavy atom. The van der Waals surface area contributed by atoms with Gasteiger partial charge in [-0.15, -0.1) is 0 Å². The number of amides is 1. The molecule has 0 heterocycles. The molecule has 1 aromatic rings. The Morgan fingerprint density at radius 3 is 2.67 bits per heavy atom. The molecule has 6 heteroatoms. The van der Waals surface area contributed by atoms with Crippen LogP contribution in [0.5, 0.6) is 0 Å². The zero-order valence-corrected chi connectivity index (χ0v) is 12.8. The van der Waals surface area contributed by atoms with Gasteiger partial charge in [0.1, 0.15) is 5.56 Å². The third kappa shape index (κ3) is 3.94. The lowest BCUT2D eigenvalue weighted by molar-refractivity contribution is -0.385. The molecule has 0 saturated heterocycles. The van der Waals surface area contributed by atoms with Gasteiger partial charge in [0.05, 0.1) is 4.92 Å². The molecule has 0 unspecified atom stereocenters. The fourth-order valence-electron chi connectivity index (χ4n) is 2.88. The Hall–Kier alpha value is -1.62. The average molecular weight is 311 g/mol. The Balaban J connectivity index is 2.14. The second-order valence-electron chi connectivity index (χ2n) is 5.61. The van der Waals surface area contributed by atoms with E-state index in [0.29, 0.717) is 17.5 Å². The van der Waals surface area contributed by atoms with E-state index in [0.717, 1.165) is 12.8 Å². The number of halogens is 1. The maximum atomic E-state index is 12.5. The van der Waals surface area contributed by atoms with E-state index in [9.17, 15) is 14.9 Å². The van der Waals surface area contributed by atoms with Gasteiger partial charge in [-0.05, 0) is 30.9 Å². The molecule has 1 saturated carbocycles. The highest BCUT2D eigenvalue weighted by Gasteiger charge is 2.25. The number of benzene rings is 1. The van der Waals surface area contributed by atoms with Gasteiger partial charge in [-0.3, -0.25) is 14.9 Å². The van der Waals surface area contributed by atoms with Crippen molar-refractivity contribution in [2.75, 3.05) is 13.6 Å². The van der Waals surface area contributed by atoms with Crippen LogP contribution in [0.25, 0.3) is 0 Å². The number of carbonyl (C=O) groups excluding carboxylic acids is 1. The fourth-order valence-corrected chi connectivity index (χ4v) is 3.06. The minimum absolute atomic E-state index is 0.0609. The Labute approximate surface area is 129 Å². The summed E-state index contributed by atoms with van der Waals surface area (Å²) in [6.07, 6.45) is 5.90. The molecule has 0 bridgehead atoms. The van der Waals surface area contributed by atoms with Crippen molar-refractivity contribution in [1.82, 2.24) is 4.90 Å². The molecule has 0 spiro atoms. The molecule has 0 radical (unpaired) electrons. The Bertz CT molecular complexity index is 542. The van der Waals surface area contributed by atoms with Gasteiger partial charge in [0, 0.05) is 24.7 Å². The third-order valence-corrected chi connectivity index (χ3v) is 4.22. The van der Waals surface area contributed by atoms with Gasteiger partial charge < -0.3 is 4.90 Å². The third-order valence-electron chi connectivity index (χ3n) is 3.99. The molecule has 0 N–H and O–H groups in total. The molecular formula is C15H19ClN2O3. The first-order valence-corrected chi connectivity index (χ1v) is 7.56. The summed E-state index contributed by atoms with van der Waals surface area (Å²) in [5, 5.41) is 11.4. The minimum atomic E-state index is -0.544. The summed E-state index contributed by atoms with van der Waals surface area (Å²) in [5.74, 6) is 0.153. The molecule has 0 atom stereocenters. The van der Waals surface area contributed by atoms with E-state index in [2.05, 4.69) is 0 Å². The van der Waals surface area contributed by atoms with Crippen molar-refractivity contribution < 1.29 is 9.72 Å². The van der Waals surface area contributed by atoms with Crippen molar-refractivity contribution >= 4 is 23.2 Å². The van der Waals surface area contributed by atoms with Crippen molar-refractivity contribution in [1.29, 1.82) is 0 Å². The molecular weight excluding hydrogens is 292 g/mol. The molecule has 1 aliphatic rings. The second kappa shape index (κ2) is 6.89. The van der Waals surface area contributed by atoms with Crippen LogP contribution in [-0.4, -0.2) is 29.3 Å². The van der Waals surface area contributed by atoms with Gasteiger partial charge in [-0.25, -0.2) is 0 Å². The normalized spacial score (nSPS) is 15.7. The van der Waals surface area contributed by atoms with Crippen LogP contribution in [0.2, 0.25) is 5.02 Å². The average Bonchev–Trinajstić information content (AvgIpc) is 2.47. The highest BCUT2D eigenvalue weighted by molar-refractivity contribution is 6.31. The van der Waals surface area contributed by atoms with Crippen LogP contribution in [0.1, 0.15) is 42.5 Å². The molecule has 1 amide bonds. The van der Waals surface area contributed by atoms with E-state index in [1.165, 1.54) is 37.5 Å². The van der Waals surface area contributed by atoms with E-state index < -0.39 is 4.92 Å². The predicted molar refractivity (Wildman–Crippen MR) is 81.6 cm³/mol. The number of carbonyl (C=O) groups is 1. The number of nitro groups is 1. The molecule has 2 rings (SSSR count). The molecule has 0 aliphatic heterocycles. The molecule has 114 valence electrons. The van der Waals surface area contributed by atoms with E-state index in [-0.39, 0.29) is 17.2 Å². The van der Waals surface area contributed by atoms with Crippen LogP contribution in [0.15, 0.2) is 18.2 Å². The number of nitro benzene ring substituents is 1. The van der Waals surface area contributed by atoms with Gasteiger partial charge in [0.2, 0.25) is 0 Å². The molecule has 0 aromatic heterocycles. The lowest BCUT2D eigenvalue weighted by Gasteiger charge is -2.27. The van der Waals surface area contributed by atoms with E-state index in [1.54, 1.807) is 11.9 Å². The standard InChI is InChI=1S/C15H19ClN2O3/c1-17(10-11-5-3-2-4-6-11)15(19)13-9-12(16)7-8-14(13)18(20)21/h7-9,11H,2-6,10H2,1H3. The summed E-state index contributed by atoms with van der Waals surface area (Å²) in [6.45, 7) is 0.641. The zero-order valence-electron chi connectivity index (χ0n) is 12.0. The van der Waals surface area contributed by atoms with Crippen LogP contribution in [-0.2, 0) is 0 Å². The molecule has 5 nitrogen and oxygen atoms in total. The lowest BCUT2D eigenvalue weighted by Crippen LogP contribution is -2.33. The van der Waals surface area contributed by atoms with E-state index in [4.69, 9.17) is 11.6 Å². The van der Waals surface area contributed by atoms with Gasteiger partial charge >= 0.3 is 0 Å². The topological polar surface area (TPSA) is 63.5 Å². The number of rotatable bonds is 4. The molecule has 21 heavy (non-hydrogen) atoms. The second-order valence-corrected chi connectivity index (χ2v) is 6.04. The van der Waals surface area contributed by atoms with Gasteiger partial charge in [-0.1, -0.05) is 30.9 Å². The largest absolute Gasteiger partial charge is 0.341 e. The van der Waals surface area contributed by atoms with Crippen molar-refractivity contribution in [3.05, 3.63) is 38.9 Å². The summed E-state index contributed by atoms with van der Waals surface area (Å²) in [4.78, 5) is 24.5. The smallest absolute Gasteiger partial charge is 0.282 e. The van der Waals surface area contributed by atoms with Crippen LogP contribution in [0, 0.1) is 16.0 Å². The van der Waals surface area contributed by atoms with Crippen molar-refractivity contribution in [2.24, 2.45) is 5.92 Å². The van der Waals surface area contributed by atoms with Crippen LogP contribution < -0.4 is 0 Å². The van der Waals surface area contributed by atoms with Crippen molar-refractivity contribution in [3.63, 3.8) is 0 Å². The monoisotopic (exact) mass is 310 g/mol. The SMILES string of the molecule is CN(CC1CCCCC1)C(=O)c1cc(Cl)ccc1[N+](=O)[O-]. The number of nitrogens with zero attached hydrogens (tertiary/aromatic N) is 2. The quantitative estimate of drug-likeness (QED) is 0.626. The number of hydrogen-bond acceptors (Lipinski definition) is 3.